The van der Waals surface area contributed by atoms with Crippen molar-refractivity contribution in [2.24, 2.45) is 16.6 Å². The van der Waals surface area contributed by atoms with Crippen molar-refractivity contribution in [2.75, 3.05) is 19.6 Å². The Balaban J connectivity index is 0.00000361. The minimum atomic E-state index is -0.146. The second-order valence-electron chi connectivity index (χ2n) is 4.54. The van der Waals surface area contributed by atoms with Gasteiger partial charge in [0.2, 0.25) is 0 Å². The van der Waals surface area contributed by atoms with E-state index in [-0.39, 0.29) is 29.9 Å². The number of rotatable bonds is 6. The van der Waals surface area contributed by atoms with E-state index in [1.165, 1.54) is 6.20 Å². The summed E-state index contributed by atoms with van der Waals surface area (Å²) in [5.41, 5.74) is 6.21. The zero-order valence-corrected chi connectivity index (χ0v) is 14.1. The SMILES string of the molecule is CC(C)CN=C(N)NCCNC(=O)c1cccnc1.I. The number of amides is 1. The first-order valence-corrected chi connectivity index (χ1v) is 6.31. The van der Waals surface area contributed by atoms with Crippen LogP contribution >= 0.6 is 24.0 Å². The quantitative estimate of drug-likeness (QED) is 0.292. The molecular formula is C13H22IN5O. The molecule has 1 rings (SSSR count). The van der Waals surface area contributed by atoms with Gasteiger partial charge in [0.15, 0.2) is 5.96 Å². The molecule has 6 nitrogen and oxygen atoms in total. The van der Waals surface area contributed by atoms with E-state index in [0.717, 1.165) is 0 Å². The van der Waals surface area contributed by atoms with Crippen molar-refractivity contribution < 1.29 is 4.79 Å². The molecule has 0 saturated heterocycles. The molecule has 0 fully saturated rings. The number of hydrogen-bond donors (Lipinski definition) is 3. The van der Waals surface area contributed by atoms with Gasteiger partial charge in [-0.1, -0.05) is 13.8 Å². The Morgan fingerprint density at radius 2 is 2.10 bits per heavy atom. The second-order valence-corrected chi connectivity index (χ2v) is 4.54. The average molecular weight is 391 g/mol. The maximum atomic E-state index is 11.7. The lowest BCUT2D eigenvalue weighted by Crippen LogP contribution is -2.38. The van der Waals surface area contributed by atoms with Crippen molar-refractivity contribution in [3.63, 3.8) is 0 Å². The van der Waals surface area contributed by atoms with Gasteiger partial charge in [-0.3, -0.25) is 14.8 Å². The van der Waals surface area contributed by atoms with Crippen LogP contribution in [0, 0.1) is 5.92 Å². The minimum absolute atomic E-state index is 0. The molecule has 0 saturated carbocycles. The number of carbonyl (C=O) groups is 1. The third-order valence-corrected chi connectivity index (χ3v) is 2.27. The number of nitrogens with zero attached hydrogens (tertiary/aromatic N) is 2. The van der Waals surface area contributed by atoms with E-state index in [1.807, 2.05) is 0 Å². The molecule has 0 aliphatic carbocycles. The lowest BCUT2D eigenvalue weighted by molar-refractivity contribution is 0.0954. The van der Waals surface area contributed by atoms with Crippen LogP contribution < -0.4 is 16.4 Å². The topological polar surface area (TPSA) is 92.4 Å². The number of aliphatic imine (C=N–C) groups is 1. The van der Waals surface area contributed by atoms with Crippen LogP contribution in [0.3, 0.4) is 0 Å². The Bertz CT molecular complexity index is 422. The molecule has 0 aliphatic heterocycles. The van der Waals surface area contributed by atoms with Gasteiger partial charge in [-0.15, -0.1) is 24.0 Å². The molecule has 1 heterocycles. The number of halogens is 1. The Morgan fingerprint density at radius 3 is 2.70 bits per heavy atom. The van der Waals surface area contributed by atoms with Gasteiger partial charge in [0.1, 0.15) is 0 Å². The summed E-state index contributed by atoms with van der Waals surface area (Å²) in [6, 6.07) is 3.44. The van der Waals surface area contributed by atoms with Crippen molar-refractivity contribution in [3.8, 4) is 0 Å². The summed E-state index contributed by atoms with van der Waals surface area (Å²) in [6.07, 6.45) is 3.16. The molecule has 4 N–H and O–H groups in total. The fourth-order valence-electron chi connectivity index (χ4n) is 1.30. The van der Waals surface area contributed by atoms with Crippen LogP contribution in [0.15, 0.2) is 29.5 Å². The number of nitrogens with two attached hydrogens (primary N) is 1. The number of carbonyl (C=O) groups excluding carboxylic acids is 1. The van der Waals surface area contributed by atoms with E-state index in [9.17, 15) is 4.79 Å². The van der Waals surface area contributed by atoms with E-state index in [0.29, 0.717) is 37.1 Å². The van der Waals surface area contributed by atoms with Crippen LogP contribution in [0.4, 0.5) is 0 Å². The maximum Gasteiger partial charge on any atom is 0.252 e. The van der Waals surface area contributed by atoms with Gasteiger partial charge < -0.3 is 16.4 Å². The Morgan fingerprint density at radius 1 is 1.40 bits per heavy atom. The van der Waals surface area contributed by atoms with Gasteiger partial charge in [-0.25, -0.2) is 0 Å². The van der Waals surface area contributed by atoms with Crippen LogP contribution in [-0.4, -0.2) is 36.5 Å². The summed E-state index contributed by atoms with van der Waals surface area (Å²) in [5, 5.41) is 5.71. The molecule has 0 aromatic carbocycles. The zero-order valence-electron chi connectivity index (χ0n) is 11.8. The van der Waals surface area contributed by atoms with Crippen LogP contribution in [0.25, 0.3) is 0 Å². The van der Waals surface area contributed by atoms with Gasteiger partial charge in [0, 0.05) is 32.0 Å². The highest BCUT2D eigenvalue weighted by atomic mass is 127. The molecule has 0 unspecified atom stereocenters. The monoisotopic (exact) mass is 391 g/mol. The van der Waals surface area contributed by atoms with Crippen molar-refractivity contribution in [1.29, 1.82) is 0 Å². The Kier molecular flexibility index (Phi) is 9.69. The molecule has 1 aromatic heterocycles. The maximum absolute atomic E-state index is 11.7. The molecule has 0 spiro atoms. The molecule has 0 radical (unpaired) electrons. The van der Waals surface area contributed by atoms with E-state index in [1.54, 1.807) is 18.3 Å². The van der Waals surface area contributed by atoms with E-state index in [2.05, 4.69) is 34.5 Å². The second kappa shape index (κ2) is 10.4. The summed E-state index contributed by atoms with van der Waals surface area (Å²) in [4.78, 5) is 19.7. The summed E-state index contributed by atoms with van der Waals surface area (Å²) in [6.45, 7) is 5.86. The number of aromatic nitrogens is 1. The van der Waals surface area contributed by atoms with Crippen molar-refractivity contribution in [2.45, 2.75) is 13.8 Å². The molecule has 0 bridgehead atoms. The zero-order chi connectivity index (χ0) is 14.1. The Hall–Kier alpha value is -1.38. The van der Waals surface area contributed by atoms with Crippen LogP contribution in [0.5, 0.6) is 0 Å². The van der Waals surface area contributed by atoms with Gasteiger partial charge in [-0.2, -0.15) is 0 Å². The summed E-state index contributed by atoms with van der Waals surface area (Å²) in [5.74, 6) is 0.738. The van der Waals surface area contributed by atoms with Crippen molar-refractivity contribution >= 4 is 35.8 Å². The third-order valence-electron chi connectivity index (χ3n) is 2.27. The van der Waals surface area contributed by atoms with E-state index < -0.39 is 0 Å². The first kappa shape index (κ1) is 18.6. The molecule has 20 heavy (non-hydrogen) atoms. The fraction of sp³-hybridized carbons (Fsp3) is 0.462. The van der Waals surface area contributed by atoms with Crippen LogP contribution in [-0.2, 0) is 0 Å². The van der Waals surface area contributed by atoms with Gasteiger partial charge in [0.05, 0.1) is 5.56 Å². The summed E-state index contributed by atoms with van der Waals surface area (Å²) < 4.78 is 0. The van der Waals surface area contributed by atoms with Crippen molar-refractivity contribution in [3.05, 3.63) is 30.1 Å². The minimum Gasteiger partial charge on any atom is -0.370 e. The highest BCUT2D eigenvalue weighted by molar-refractivity contribution is 14.0. The normalized spacial score (nSPS) is 10.8. The molecule has 0 atom stereocenters. The number of nitrogens with one attached hydrogen (secondary N) is 2. The molecule has 0 aliphatic rings. The van der Waals surface area contributed by atoms with E-state index in [4.69, 9.17) is 5.73 Å². The third kappa shape index (κ3) is 7.93. The standard InChI is InChI=1S/C13H21N5O.HI/c1-10(2)8-18-13(14)17-7-6-16-12(19)11-4-3-5-15-9-11;/h3-5,9-10H,6-8H2,1-2H3,(H,16,19)(H3,14,17,18);1H. The molecular weight excluding hydrogens is 369 g/mol. The predicted octanol–water partition coefficient (Wildman–Crippen LogP) is 0.990. The molecule has 1 aromatic rings. The average Bonchev–Trinajstić information content (AvgIpc) is 2.42. The first-order chi connectivity index (χ1) is 9.09. The lowest BCUT2D eigenvalue weighted by Gasteiger charge is -2.08. The highest BCUT2D eigenvalue weighted by Crippen LogP contribution is 1.94. The Labute approximate surface area is 136 Å². The number of hydrogen-bond acceptors (Lipinski definition) is 3. The predicted molar refractivity (Wildman–Crippen MR) is 91.3 cm³/mol. The van der Waals surface area contributed by atoms with Crippen LogP contribution in [0.2, 0.25) is 0 Å². The van der Waals surface area contributed by atoms with Gasteiger partial charge in [0.25, 0.3) is 5.91 Å². The molecule has 1 amide bonds. The number of pyridine rings is 1. The number of guanidine groups is 1. The van der Waals surface area contributed by atoms with Crippen molar-refractivity contribution in [1.82, 2.24) is 15.6 Å². The van der Waals surface area contributed by atoms with Gasteiger partial charge >= 0.3 is 0 Å². The summed E-state index contributed by atoms with van der Waals surface area (Å²) >= 11 is 0. The first-order valence-electron chi connectivity index (χ1n) is 6.31. The fourth-order valence-corrected chi connectivity index (χ4v) is 1.30. The highest BCUT2D eigenvalue weighted by Gasteiger charge is 2.03. The summed E-state index contributed by atoms with van der Waals surface area (Å²) in [7, 11) is 0. The van der Waals surface area contributed by atoms with E-state index >= 15 is 0 Å². The van der Waals surface area contributed by atoms with Gasteiger partial charge in [-0.05, 0) is 18.1 Å². The largest absolute Gasteiger partial charge is 0.370 e. The smallest absolute Gasteiger partial charge is 0.252 e. The molecule has 112 valence electrons. The molecule has 7 heteroatoms. The van der Waals surface area contributed by atoms with Crippen LogP contribution in [0.1, 0.15) is 24.2 Å². The lowest BCUT2D eigenvalue weighted by atomic mass is 10.2.